The molecule has 9 rings (SSSR count). The van der Waals surface area contributed by atoms with Gasteiger partial charge in [-0.1, -0.05) is 62.7 Å². The number of rotatable bonds is 1. The van der Waals surface area contributed by atoms with E-state index in [9.17, 15) is 0 Å². The first-order chi connectivity index (χ1) is 18.3. The van der Waals surface area contributed by atoms with Crippen LogP contribution in [0.15, 0.2) is 108 Å². The Morgan fingerprint density at radius 2 is 1.11 bits per heavy atom. The quantitative estimate of drug-likeness (QED) is 0.259. The Balaban J connectivity index is 1.53. The lowest BCUT2D eigenvalue weighted by Crippen LogP contribution is -2.28. The number of para-hydroxylation sites is 1. The van der Waals surface area contributed by atoms with Crippen LogP contribution in [0.4, 0.5) is 5.69 Å². The van der Waals surface area contributed by atoms with Crippen LogP contribution < -0.4 is 9.47 Å². The van der Waals surface area contributed by atoms with Crippen LogP contribution in [-0.2, 0) is 5.41 Å². The molecule has 4 aromatic rings. The second kappa shape index (κ2) is 10.9. The molecule has 0 spiro atoms. The fourth-order valence-electron chi connectivity index (χ4n) is 5.03. The van der Waals surface area contributed by atoms with Gasteiger partial charge in [0.15, 0.2) is 0 Å². The summed E-state index contributed by atoms with van der Waals surface area (Å²) in [4.78, 5) is 5.06. The Morgan fingerprint density at radius 3 is 1.74 bits per heavy atom. The molecule has 0 aromatic heterocycles. The highest BCUT2D eigenvalue weighted by Gasteiger charge is 2.23. The summed E-state index contributed by atoms with van der Waals surface area (Å²) >= 11 is 0. The molecule has 0 amide bonds. The molecule has 4 aromatic carbocycles. The number of fused-ring (bicyclic) bond motifs is 1. The summed E-state index contributed by atoms with van der Waals surface area (Å²) in [5.41, 5.74) is 5.24. The van der Waals surface area contributed by atoms with E-state index < -0.39 is 0 Å². The third kappa shape index (κ3) is 6.34. The molecule has 5 aliphatic rings. The Hall–Kier alpha value is -3.85. The van der Waals surface area contributed by atoms with E-state index in [1.807, 2.05) is 66.7 Å². The van der Waals surface area contributed by atoms with Crippen molar-refractivity contribution in [2.24, 2.45) is 4.99 Å². The van der Waals surface area contributed by atoms with Gasteiger partial charge in [-0.2, -0.15) is 0 Å². The topological polar surface area (TPSA) is 30.8 Å². The van der Waals surface area contributed by atoms with Gasteiger partial charge in [-0.3, -0.25) is 0 Å². The maximum absolute atomic E-state index is 6.34. The largest absolute Gasteiger partial charge is 0.488 e. The maximum atomic E-state index is 6.34. The van der Waals surface area contributed by atoms with Gasteiger partial charge in [0, 0.05) is 11.1 Å². The molecule has 38 heavy (non-hydrogen) atoms. The molecule has 3 heteroatoms. The lowest BCUT2D eigenvalue weighted by atomic mass is 9.79. The number of nitrogens with zero attached hydrogens (tertiary/aromatic N) is 1. The fraction of sp³-hybridized carbons (Fsp3) is 0.286. The Morgan fingerprint density at radius 1 is 0.579 bits per heavy atom. The summed E-state index contributed by atoms with van der Waals surface area (Å²) in [6.45, 7) is 9.04. The normalized spacial score (nSPS) is 17.9. The lowest BCUT2D eigenvalue weighted by Gasteiger charge is -2.29. The van der Waals surface area contributed by atoms with Gasteiger partial charge in [0.25, 0.3) is 0 Å². The minimum Gasteiger partial charge on any atom is -0.488 e. The zero-order chi connectivity index (χ0) is 26.6. The minimum absolute atomic E-state index is 0.0911. The minimum atomic E-state index is -0.225. The van der Waals surface area contributed by atoms with Crippen molar-refractivity contribution in [1.82, 2.24) is 0 Å². The molecule has 5 aliphatic heterocycles. The van der Waals surface area contributed by atoms with E-state index >= 15 is 0 Å². The number of ether oxygens (including phenoxy) is 2. The van der Waals surface area contributed by atoms with Crippen LogP contribution in [0.3, 0.4) is 0 Å². The number of aliphatic imine (C=N–C) groups is 1. The van der Waals surface area contributed by atoms with Crippen molar-refractivity contribution < 1.29 is 9.47 Å². The summed E-state index contributed by atoms with van der Waals surface area (Å²) < 4.78 is 12.5. The van der Waals surface area contributed by atoms with Gasteiger partial charge in [0.1, 0.15) is 22.8 Å². The van der Waals surface area contributed by atoms with Crippen molar-refractivity contribution in [2.75, 3.05) is 0 Å². The summed E-state index contributed by atoms with van der Waals surface area (Å²) in [6, 6.07) is 35.2. The van der Waals surface area contributed by atoms with Gasteiger partial charge < -0.3 is 9.47 Å². The SMILES string of the molecule is CC1(C)CCCCC(C)(C)c2ccc(cc2)C(=Nc2ccccc2)c2ccc(cc2)Oc2ccc(cc2)O1. The second-order valence-electron chi connectivity index (χ2n) is 11.4. The molecule has 0 aliphatic carbocycles. The summed E-state index contributed by atoms with van der Waals surface area (Å²) in [7, 11) is 0. The number of hydrogen-bond donors (Lipinski definition) is 0. The molecule has 0 atom stereocenters. The van der Waals surface area contributed by atoms with E-state index in [0.717, 1.165) is 65.5 Å². The van der Waals surface area contributed by atoms with E-state index in [1.165, 1.54) is 5.56 Å². The Labute approximate surface area is 227 Å². The summed E-state index contributed by atoms with van der Waals surface area (Å²) in [5.74, 6) is 2.43. The predicted molar refractivity (Wildman–Crippen MR) is 157 cm³/mol. The van der Waals surface area contributed by atoms with Crippen molar-refractivity contribution in [1.29, 1.82) is 0 Å². The zero-order valence-corrected chi connectivity index (χ0v) is 22.9. The molecule has 0 fully saturated rings. The Bertz CT molecular complexity index is 1370. The van der Waals surface area contributed by atoms with Crippen LogP contribution in [0, 0.1) is 0 Å². The molecule has 5 heterocycles. The van der Waals surface area contributed by atoms with Gasteiger partial charge in [-0.25, -0.2) is 4.99 Å². The average molecular weight is 504 g/mol. The first kappa shape index (κ1) is 25.8. The van der Waals surface area contributed by atoms with Crippen LogP contribution in [0.5, 0.6) is 17.2 Å². The van der Waals surface area contributed by atoms with Crippen LogP contribution in [-0.4, -0.2) is 11.3 Å². The predicted octanol–water partition coefficient (Wildman–Crippen LogP) is 9.66. The third-order valence-corrected chi connectivity index (χ3v) is 7.35. The molecule has 0 saturated heterocycles. The summed E-state index contributed by atoms with van der Waals surface area (Å²) in [5, 5.41) is 0. The van der Waals surface area contributed by atoms with Crippen molar-refractivity contribution in [3.8, 4) is 17.2 Å². The van der Waals surface area contributed by atoms with Crippen LogP contribution >= 0.6 is 0 Å². The van der Waals surface area contributed by atoms with Gasteiger partial charge in [-0.15, -0.1) is 0 Å². The molecule has 194 valence electrons. The van der Waals surface area contributed by atoms with Crippen molar-refractivity contribution >= 4 is 11.4 Å². The average Bonchev–Trinajstić information content (AvgIpc) is 2.92. The zero-order valence-electron chi connectivity index (χ0n) is 22.9. The molecule has 6 bridgehead atoms. The standard InChI is InChI=1S/C35H37NO2/c1-34(2)24-8-9-25-35(3,4)38-32-22-20-31(21-23-32)37-30-18-14-27(15-19-30)33(26-12-16-28(34)17-13-26)36-29-10-6-5-7-11-29/h5-7,10-23H,8-9,24-25H2,1-4H3. The fourth-order valence-corrected chi connectivity index (χ4v) is 5.03. The molecule has 3 nitrogen and oxygen atoms in total. The molecular formula is C35H37NO2. The summed E-state index contributed by atoms with van der Waals surface area (Å²) in [6.07, 6.45) is 4.41. The van der Waals surface area contributed by atoms with Gasteiger partial charge in [-0.05, 0) is 105 Å². The Kier molecular flexibility index (Phi) is 7.37. The molecule has 0 unspecified atom stereocenters. The van der Waals surface area contributed by atoms with E-state index in [-0.39, 0.29) is 11.0 Å². The first-order valence-electron chi connectivity index (χ1n) is 13.6. The maximum Gasteiger partial charge on any atom is 0.127 e. The first-order valence-corrected chi connectivity index (χ1v) is 13.6. The molecule has 0 saturated carbocycles. The van der Waals surface area contributed by atoms with E-state index in [2.05, 4.69) is 64.1 Å². The van der Waals surface area contributed by atoms with Crippen molar-refractivity contribution in [3.63, 3.8) is 0 Å². The molecular weight excluding hydrogens is 466 g/mol. The van der Waals surface area contributed by atoms with Crippen LogP contribution in [0.25, 0.3) is 0 Å². The van der Waals surface area contributed by atoms with Crippen molar-refractivity contribution in [2.45, 2.75) is 64.4 Å². The number of benzene rings is 4. The van der Waals surface area contributed by atoms with Crippen LogP contribution in [0.1, 0.15) is 70.1 Å². The van der Waals surface area contributed by atoms with Crippen LogP contribution in [0.2, 0.25) is 0 Å². The second-order valence-corrected chi connectivity index (χ2v) is 11.4. The van der Waals surface area contributed by atoms with Crippen molar-refractivity contribution in [3.05, 3.63) is 120 Å². The third-order valence-electron chi connectivity index (χ3n) is 7.35. The monoisotopic (exact) mass is 503 g/mol. The van der Waals surface area contributed by atoms with E-state index in [4.69, 9.17) is 14.5 Å². The lowest BCUT2D eigenvalue weighted by molar-refractivity contribution is 0.0954. The smallest absolute Gasteiger partial charge is 0.127 e. The molecule has 0 radical (unpaired) electrons. The van der Waals surface area contributed by atoms with Gasteiger partial charge in [0.05, 0.1) is 11.4 Å². The highest BCUT2D eigenvalue weighted by Crippen LogP contribution is 2.33. The molecule has 0 N–H and O–H groups in total. The van der Waals surface area contributed by atoms with E-state index in [0.29, 0.717) is 0 Å². The highest BCUT2D eigenvalue weighted by atomic mass is 16.5. The number of hydrogen-bond acceptors (Lipinski definition) is 3. The van der Waals surface area contributed by atoms with Gasteiger partial charge >= 0.3 is 0 Å². The van der Waals surface area contributed by atoms with Gasteiger partial charge in [0.2, 0.25) is 0 Å². The highest BCUT2D eigenvalue weighted by molar-refractivity contribution is 6.14. The van der Waals surface area contributed by atoms with E-state index in [1.54, 1.807) is 0 Å².